The van der Waals surface area contributed by atoms with E-state index in [1.54, 1.807) is 4.90 Å². The maximum Gasteiger partial charge on any atom is 0.338 e. The Labute approximate surface area is 139 Å². The minimum absolute atomic E-state index is 0.0673. The molecule has 0 aromatic heterocycles. The molecule has 7 nitrogen and oxygen atoms in total. The largest absolute Gasteiger partial charge is 0.467 e. The molecular formula is C17H19NO6. The van der Waals surface area contributed by atoms with Crippen LogP contribution in [-0.2, 0) is 35.1 Å². The summed E-state index contributed by atoms with van der Waals surface area (Å²) in [7, 11) is 1.27. The van der Waals surface area contributed by atoms with Gasteiger partial charge in [0.15, 0.2) is 18.5 Å². The molecule has 1 aromatic carbocycles. The number of esters is 1. The lowest BCUT2D eigenvalue weighted by molar-refractivity contribution is -0.171. The minimum Gasteiger partial charge on any atom is -0.467 e. The first kappa shape index (κ1) is 15.6. The fourth-order valence-corrected chi connectivity index (χ4v) is 3.54. The zero-order chi connectivity index (χ0) is 16.7. The number of hydrogen-bond donors (Lipinski definition) is 0. The molecule has 3 aliphatic heterocycles. The quantitative estimate of drug-likeness (QED) is 0.746. The van der Waals surface area contributed by atoms with Gasteiger partial charge in [0.05, 0.1) is 25.9 Å². The number of fused-ring (bicyclic) bond motifs is 4. The molecule has 24 heavy (non-hydrogen) atoms. The van der Waals surface area contributed by atoms with E-state index in [1.165, 1.54) is 7.11 Å². The normalized spacial score (nSPS) is 34.3. The van der Waals surface area contributed by atoms with E-state index in [2.05, 4.69) is 4.74 Å². The molecule has 128 valence electrons. The fraction of sp³-hybridized carbons (Fsp3) is 0.529. The van der Waals surface area contributed by atoms with Crippen LogP contribution in [0.15, 0.2) is 30.3 Å². The molecule has 4 rings (SSSR count). The molecule has 0 N–H and O–H groups in total. The highest BCUT2D eigenvalue weighted by Crippen LogP contribution is 2.37. The van der Waals surface area contributed by atoms with Crippen molar-refractivity contribution in [2.24, 2.45) is 0 Å². The van der Waals surface area contributed by atoms with Crippen LogP contribution in [0, 0.1) is 0 Å². The summed E-state index contributed by atoms with van der Waals surface area (Å²) in [6, 6.07) is 9.68. The SMILES string of the molecule is COC(=O)[C@@H]1O[C@@H]2O[C@H]1C(=O)N1C[C@H](OCc3ccccc3)C[C@@H]21. The maximum atomic E-state index is 12.6. The maximum absolute atomic E-state index is 12.6. The van der Waals surface area contributed by atoms with Gasteiger partial charge in [0.2, 0.25) is 0 Å². The zero-order valence-electron chi connectivity index (χ0n) is 13.3. The van der Waals surface area contributed by atoms with Crippen LogP contribution in [0.4, 0.5) is 0 Å². The predicted molar refractivity (Wildman–Crippen MR) is 80.7 cm³/mol. The van der Waals surface area contributed by atoms with Gasteiger partial charge >= 0.3 is 5.97 Å². The van der Waals surface area contributed by atoms with Crippen LogP contribution in [0.5, 0.6) is 0 Å². The Morgan fingerprint density at radius 2 is 2.08 bits per heavy atom. The molecule has 2 bridgehead atoms. The van der Waals surface area contributed by atoms with Crippen molar-refractivity contribution in [2.75, 3.05) is 13.7 Å². The Morgan fingerprint density at radius 3 is 2.83 bits per heavy atom. The summed E-state index contributed by atoms with van der Waals surface area (Å²) in [6.45, 7) is 0.991. The van der Waals surface area contributed by atoms with Crippen LogP contribution >= 0.6 is 0 Å². The Hall–Kier alpha value is -1.96. The van der Waals surface area contributed by atoms with E-state index in [1.807, 2.05) is 30.3 Å². The Kier molecular flexibility index (Phi) is 3.99. The first-order chi connectivity index (χ1) is 11.7. The van der Waals surface area contributed by atoms with E-state index < -0.39 is 24.5 Å². The first-order valence-corrected chi connectivity index (χ1v) is 8.02. The molecular weight excluding hydrogens is 314 g/mol. The first-order valence-electron chi connectivity index (χ1n) is 8.02. The monoisotopic (exact) mass is 333 g/mol. The second kappa shape index (κ2) is 6.16. The van der Waals surface area contributed by atoms with Crippen LogP contribution in [0.3, 0.4) is 0 Å². The van der Waals surface area contributed by atoms with Crippen LogP contribution in [0.2, 0.25) is 0 Å². The van der Waals surface area contributed by atoms with Crippen molar-refractivity contribution in [2.45, 2.75) is 43.7 Å². The van der Waals surface area contributed by atoms with Gasteiger partial charge in [-0.1, -0.05) is 30.3 Å². The molecule has 0 unspecified atom stereocenters. The van der Waals surface area contributed by atoms with Crippen LogP contribution in [-0.4, -0.2) is 61.1 Å². The third-order valence-corrected chi connectivity index (χ3v) is 4.74. The van der Waals surface area contributed by atoms with Crippen LogP contribution in [0.25, 0.3) is 0 Å². The number of rotatable bonds is 4. The lowest BCUT2D eigenvalue weighted by atomic mass is 10.1. The average molecular weight is 333 g/mol. The van der Waals surface area contributed by atoms with Crippen molar-refractivity contribution in [3.05, 3.63) is 35.9 Å². The van der Waals surface area contributed by atoms with Crippen molar-refractivity contribution in [3.8, 4) is 0 Å². The van der Waals surface area contributed by atoms with Crippen molar-refractivity contribution < 1.29 is 28.5 Å². The van der Waals surface area contributed by atoms with Gasteiger partial charge in [-0.25, -0.2) is 4.79 Å². The van der Waals surface area contributed by atoms with Crippen LogP contribution in [0.1, 0.15) is 12.0 Å². The summed E-state index contributed by atoms with van der Waals surface area (Å²) in [5, 5.41) is 0. The van der Waals surface area contributed by atoms with Crippen molar-refractivity contribution in [1.82, 2.24) is 4.90 Å². The van der Waals surface area contributed by atoms with Gasteiger partial charge in [0.1, 0.15) is 0 Å². The van der Waals surface area contributed by atoms with E-state index in [4.69, 9.17) is 14.2 Å². The van der Waals surface area contributed by atoms with Gasteiger partial charge in [-0.3, -0.25) is 4.79 Å². The van der Waals surface area contributed by atoms with E-state index in [0.29, 0.717) is 19.6 Å². The summed E-state index contributed by atoms with van der Waals surface area (Å²) in [5.41, 5.74) is 1.09. The number of ether oxygens (including phenoxy) is 4. The number of morpholine rings is 1. The van der Waals surface area contributed by atoms with E-state index >= 15 is 0 Å². The number of nitrogens with zero attached hydrogens (tertiary/aromatic N) is 1. The molecule has 3 fully saturated rings. The summed E-state index contributed by atoms with van der Waals surface area (Å²) in [6.07, 6.45) is -1.91. The number of hydrogen-bond acceptors (Lipinski definition) is 6. The lowest BCUT2D eigenvalue weighted by Crippen LogP contribution is -2.53. The van der Waals surface area contributed by atoms with Gasteiger partial charge in [-0.2, -0.15) is 0 Å². The highest BCUT2D eigenvalue weighted by atomic mass is 16.7. The second-order valence-electron chi connectivity index (χ2n) is 6.22. The van der Waals surface area contributed by atoms with Gasteiger partial charge in [-0.05, 0) is 5.56 Å². The Morgan fingerprint density at radius 1 is 1.29 bits per heavy atom. The van der Waals surface area contributed by atoms with Gasteiger partial charge in [0, 0.05) is 13.0 Å². The molecule has 3 aliphatic rings. The molecule has 1 amide bonds. The predicted octanol–water partition coefficient (Wildman–Crippen LogP) is 0.469. The molecule has 3 heterocycles. The molecule has 0 radical (unpaired) electrons. The van der Waals surface area contributed by atoms with Crippen molar-refractivity contribution >= 4 is 11.9 Å². The van der Waals surface area contributed by atoms with Crippen molar-refractivity contribution in [3.63, 3.8) is 0 Å². The lowest BCUT2D eigenvalue weighted by Gasteiger charge is -2.32. The number of carbonyl (C=O) groups is 2. The van der Waals surface area contributed by atoms with Crippen molar-refractivity contribution in [1.29, 1.82) is 0 Å². The third-order valence-electron chi connectivity index (χ3n) is 4.74. The highest BCUT2D eigenvalue weighted by Gasteiger charge is 2.58. The Balaban J connectivity index is 1.40. The van der Waals surface area contributed by atoms with Gasteiger partial charge < -0.3 is 23.8 Å². The standard InChI is InChI=1S/C17H19NO6/c1-21-16(20)14-13-15(19)18-8-11(7-12(18)17(23-13)24-14)22-9-10-5-3-2-4-6-10/h2-6,11-14,17H,7-9H2,1H3/t11-,12+,13-,14-,17+/m1/s1. The highest BCUT2D eigenvalue weighted by molar-refractivity contribution is 5.90. The summed E-state index contributed by atoms with van der Waals surface area (Å²) >= 11 is 0. The number of amides is 1. The van der Waals surface area contributed by atoms with E-state index in [9.17, 15) is 9.59 Å². The summed E-state index contributed by atoms with van der Waals surface area (Å²) < 4.78 is 21.8. The molecule has 1 aromatic rings. The number of methoxy groups -OCH3 is 1. The number of benzene rings is 1. The average Bonchev–Trinajstić information content (AvgIpc) is 3.22. The second-order valence-corrected chi connectivity index (χ2v) is 6.22. The molecule has 5 atom stereocenters. The Bertz CT molecular complexity index is 635. The summed E-state index contributed by atoms with van der Waals surface area (Å²) in [5.74, 6) is -0.802. The smallest absolute Gasteiger partial charge is 0.338 e. The van der Waals surface area contributed by atoms with E-state index in [-0.39, 0.29) is 18.1 Å². The fourth-order valence-electron chi connectivity index (χ4n) is 3.54. The van der Waals surface area contributed by atoms with Crippen LogP contribution < -0.4 is 0 Å². The third kappa shape index (κ3) is 2.58. The molecule has 3 saturated heterocycles. The molecule has 0 spiro atoms. The zero-order valence-corrected chi connectivity index (χ0v) is 13.3. The number of carbonyl (C=O) groups excluding carboxylic acids is 2. The molecule has 7 heteroatoms. The summed E-state index contributed by atoms with van der Waals surface area (Å²) in [4.78, 5) is 26.0. The molecule has 0 aliphatic carbocycles. The topological polar surface area (TPSA) is 74.3 Å². The van der Waals surface area contributed by atoms with Gasteiger partial charge in [0.25, 0.3) is 5.91 Å². The minimum atomic E-state index is -0.971. The van der Waals surface area contributed by atoms with E-state index in [0.717, 1.165) is 5.56 Å². The van der Waals surface area contributed by atoms with Gasteiger partial charge in [-0.15, -0.1) is 0 Å². The molecule has 0 saturated carbocycles.